The molecule has 0 spiro atoms. The molecule has 5 aromatic rings. The molecule has 2 aromatic heterocycles. The van der Waals surface area contributed by atoms with Crippen LogP contribution in [0, 0.1) is 11.3 Å². The Balaban J connectivity index is 1.12. The summed E-state index contributed by atoms with van der Waals surface area (Å²) in [6, 6.07) is 33.2. The normalized spacial score (nSPS) is 14.3. The maximum absolute atomic E-state index is 12.9. The molecule has 1 aliphatic carbocycles. The number of H-pyrrole nitrogens is 1. The molecular formula is C33H28N4OS2. The van der Waals surface area contributed by atoms with Gasteiger partial charge in [-0.2, -0.15) is 5.26 Å². The van der Waals surface area contributed by atoms with Crippen LogP contribution in [0.25, 0.3) is 22.5 Å². The van der Waals surface area contributed by atoms with Crippen molar-refractivity contribution in [1.29, 1.82) is 5.26 Å². The molecule has 1 aliphatic rings. The molecule has 2 N–H and O–H groups in total. The average molecular weight is 561 g/mol. The number of anilines is 1. The SMILES string of the molecule is N#Cc1c(NC(=O)CCSc2nc(-c3ccccc3)c(-c3ccccc3)[nH]2)sc2c1CCC(c1ccccc1)C2. The molecule has 1 atom stereocenters. The third-order valence-electron chi connectivity index (χ3n) is 7.26. The number of aromatic nitrogens is 2. The van der Waals surface area contributed by atoms with Gasteiger partial charge >= 0.3 is 0 Å². The van der Waals surface area contributed by atoms with Crippen molar-refractivity contribution in [2.75, 3.05) is 11.1 Å². The molecule has 0 fully saturated rings. The highest BCUT2D eigenvalue weighted by molar-refractivity contribution is 7.99. The van der Waals surface area contributed by atoms with Crippen LogP contribution in [0.15, 0.2) is 96.2 Å². The van der Waals surface area contributed by atoms with E-state index < -0.39 is 0 Å². The number of hydrogen-bond donors (Lipinski definition) is 2. The Morgan fingerprint density at radius 2 is 1.68 bits per heavy atom. The zero-order valence-electron chi connectivity index (χ0n) is 21.9. The van der Waals surface area contributed by atoms with Gasteiger partial charge in [0.1, 0.15) is 11.1 Å². The quantitative estimate of drug-likeness (QED) is 0.188. The van der Waals surface area contributed by atoms with Crippen molar-refractivity contribution in [3.8, 4) is 28.6 Å². The molecule has 1 amide bonds. The Kier molecular flexibility index (Phi) is 7.80. The predicted molar refractivity (Wildman–Crippen MR) is 164 cm³/mol. The van der Waals surface area contributed by atoms with Crippen LogP contribution < -0.4 is 5.32 Å². The van der Waals surface area contributed by atoms with E-state index in [1.54, 1.807) is 11.3 Å². The number of nitriles is 1. The number of aromatic amines is 1. The maximum Gasteiger partial charge on any atom is 0.225 e. The molecule has 0 aliphatic heterocycles. The summed E-state index contributed by atoms with van der Waals surface area (Å²) in [5, 5.41) is 14.4. The van der Waals surface area contributed by atoms with E-state index in [0.29, 0.717) is 28.7 Å². The van der Waals surface area contributed by atoms with Crippen LogP contribution >= 0.6 is 23.1 Å². The summed E-state index contributed by atoms with van der Waals surface area (Å²) in [5.41, 5.74) is 7.07. The van der Waals surface area contributed by atoms with Crippen LogP contribution in [0.2, 0.25) is 0 Å². The van der Waals surface area contributed by atoms with Crippen molar-refractivity contribution in [3.63, 3.8) is 0 Å². The minimum Gasteiger partial charge on any atom is -0.332 e. The number of benzene rings is 3. The third-order valence-corrected chi connectivity index (χ3v) is 9.31. The fourth-order valence-corrected chi connectivity index (χ4v) is 7.37. The number of nitrogens with one attached hydrogen (secondary N) is 2. The van der Waals surface area contributed by atoms with E-state index in [4.69, 9.17) is 4.98 Å². The lowest BCUT2D eigenvalue weighted by molar-refractivity contribution is -0.115. The molecular weight excluding hydrogens is 533 g/mol. The molecule has 198 valence electrons. The number of fused-ring (bicyclic) bond motifs is 1. The van der Waals surface area contributed by atoms with Gasteiger partial charge in [-0.1, -0.05) is 103 Å². The van der Waals surface area contributed by atoms with Crippen LogP contribution in [0.5, 0.6) is 0 Å². The molecule has 0 bridgehead atoms. The minimum absolute atomic E-state index is 0.0830. The van der Waals surface area contributed by atoms with Gasteiger partial charge in [0.15, 0.2) is 5.16 Å². The number of imidazole rings is 1. The Labute approximate surface area is 242 Å². The van der Waals surface area contributed by atoms with Crippen LogP contribution in [-0.2, 0) is 17.6 Å². The van der Waals surface area contributed by atoms with E-state index in [2.05, 4.69) is 64.9 Å². The number of rotatable bonds is 8. The van der Waals surface area contributed by atoms with Gasteiger partial charge in [-0.15, -0.1) is 11.3 Å². The Hall–Kier alpha value is -4.12. The fraction of sp³-hybridized carbons (Fsp3) is 0.182. The van der Waals surface area contributed by atoms with Crippen LogP contribution in [0.4, 0.5) is 5.00 Å². The minimum atomic E-state index is -0.0830. The van der Waals surface area contributed by atoms with Crippen molar-refractivity contribution < 1.29 is 4.79 Å². The maximum atomic E-state index is 12.9. The van der Waals surface area contributed by atoms with E-state index in [0.717, 1.165) is 52.5 Å². The first-order valence-electron chi connectivity index (χ1n) is 13.4. The van der Waals surface area contributed by atoms with Crippen molar-refractivity contribution >= 4 is 34.0 Å². The number of carbonyl (C=O) groups is 1. The first-order valence-corrected chi connectivity index (χ1v) is 15.2. The fourth-order valence-electron chi connectivity index (χ4n) is 5.27. The summed E-state index contributed by atoms with van der Waals surface area (Å²) in [7, 11) is 0. The van der Waals surface area contributed by atoms with Gasteiger partial charge in [0, 0.05) is 28.2 Å². The molecule has 3 aromatic carbocycles. The molecule has 2 heterocycles. The number of carbonyl (C=O) groups excluding carboxylic acids is 1. The van der Waals surface area contributed by atoms with Crippen molar-refractivity contribution in [3.05, 3.63) is 113 Å². The van der Waals surface area contributed by atoms with Gasteiger partial charge < -0.3 is 10.3 Å². The summed E-state index contributed by atoms with van der Waals surface area (Å²) in [6.45, 7) is 0. The predicted octanol–water partition coefficient (Wildman–Crippen LogP) is 8.07. The second-order valence-corrected chi connectivity index (χ2v) is 12.0. The Bertz CT molecular complexity index is 1600. The Morgan fingerprint density at radius 1 is 1.00 bits per heavy atom. The Morgan fingerprint density at radius 3 is 2.38 bits per heavy atom. The summed E-state index contributed by atoms with van der Waals surface area (Å²) in [4.78, 5) is 22.5. The number of amides is 1. The monoisotopic (exact) mass is 560 g/mol. The van der Waals surface area contributed by atoms with Gasteiger partial charge in [-0.05, 0) is 36.3 Å². The van der Waals surface area contributed by atoms with Crippen molar-refractivity contribution in [2.45, 2.75) is 36.8 Å². The molecule has 1 unspecified atom stereocenters. The number of hydrogen-bond acceptors (Lipinski definition) is 5. The average Bonchev–Trinajstić information content (AvgIpc) is 3.59. The summed E-state index contributed by atoms with van der Waals surface area (Å²) >= 11 is 3.09. The van der Waals surface area contributed by atoms with Crippen molar-refractivity contribution in [2.24, 2.45) is 0 Å². The van der Waals surface area contributed by atoms with Gasteiger partial charge in [0.25, 0.3) is 0 Å². The molecule has 0 saturated carbocycles. The number of thiophene rings is 1. The summed E-state index contributed by atoms with van der Waals surface area (Å²) in [6.07, 6.45) is 3.13. The molecule has 7 heteroatoms. The van der Waals surface area contributed by atoms with Gasteiger partial charge in [-0.25, -0.2) is 4.98 Å². The van der Waals surface area contributed by atoms with E-state index in [9.17, 15) is 10.1 Å². The van der Waals surface area contributed by atoms with E-state index in [1.165, 1.54) is 22.2 Å². The molecule has 0 radical (unpaired) electrons. The lowest BCUT2D eigenvalue weighted by Crippen LogP contribution is -2.12. The van der Waals surface area contributed by atoms with E-state index in [-0.39, 0.29) is 5.91 Å². The highest BCUT2D eigenvalue weighted by Gasteiger charge is 2.27. The summed E-state index contributed by atoms with van der Waals surface area (Å²) < 4.78 is 0. The molecule has 40 heavy (non-hydrogen) atoms. The van der Waals surface area contributed by atoms with Gasteiger partial charge in [-0.3, -0.25) is 4.79 Å². The highest BCUT2D eigenvalue weighted by atomic mass is 32.2. The van der Waals surface area contributed by atoms with Crippen LogP contribution in [0.3, 0.4) is 0 Å². The highest BCUT2D eigenvalue weighted by Crippen LogP contribution is 2.42. The zero-order valence-corrected chi connectivity index (χ0v) is 23.5. The third kappa shape index (κ3) is 5.60. The number of nitrogens with zero attached hydrogens (tertiary/aromatic N) is 2. The van der Waals surface area contributed by atoms with Gasteiger partial charge in [0.2, 0.25) is 5.91 Å². The first-order chi connectivity index (χ1) is 19.7. The van der Waals surface area contributed by atoms with Crippen molar-refractivity contribution in [1.82, 2.24) is 9.97 Å². The summed E-state index contributed by atoms with van der Waals surface area (Å²) in [5.74, 6) is 0.944. The topological polar surface area (TPSA) is 81.6 Å². The van der Waals surface area contributed by atoms with Crippen LogP contribution in [-0.4, -0.2) is 21.6 Å². The number of thioether (sulfide) groups is 1. The second-order valence-electron chi connectivity index (χ2n) is 9.81. The smallest absolute Gasteiger partial charge is 0.225 e. The van der Waals surface area contributed by atoms with E-state index >= 15 is 0 Å². The zero-order chi connectivity index (χ0) is 27.3. The largest absolute Gasteiger partial charge is 0.332 e. The van der Waals surface area contributed by atoms with Gasteiger partial charge in [0.05, 0.1) is 17.0 Å². The van der Waals surface area contributed by atoms with E-state index in [1.807, 2.05) is 42.5 Å². The lowest BCUT2D eigenvalue weighted by atomic mass is 9.83. The lowest BCUT2D eigenvalue weighted by Gasteiger charge is -2.22. The van der Waals surface area contributed by atoms with Crippen LogP contribution in [0.1, 0.15) is 40.3 Å². The molecule has 0 saturated heterocycles. The second kappa shape index (κ2) is 12.0. The molecule has 5 nitrogen and oxygen atoms in total. The molecule has 6 rings (SSSR count). The standard InChI is InChI=1S/C33H28N4OS2/c34-21-27-26-17-16-25(22-10-4-1-5-11-22)20-28(26)40-32(27)35-29(38)18-19-39-33-36-30(23-12-6-2-7-13-23)31(37-33)24-14-8-3-9-15-24/h1-15,25H,16-20H2,(H,35,38)(H,36,37). The first kappa shape index (κ1) is 26.1.